The second kappa shape index (κ2) is 6.25. The molecule has 1 heterocycles. The number of aromatic hydroxyl groups is 1. The van der Waals surface area contributed by atoms with Crippen LogP contribution in [0.2, 0.25) is 0 Å². The van der Waals surface area contributed by atoms with Gasteiger partial charge in [0.25, 0.3) is 5.91 Å². The maximum Gasteiger partial charge on any atom is 0.268 e. The largest absolute Gasteiger partial charge is 0.507 e. The lowest BCUT2D eigenvalue weighted by Crippen LogP contribution is -2.41. The summed E-state index contributed by atoms with van der Waals surface area (Å²) in [6.45, 7) is 3.92. The van der Waals surface area contributed by atoms with Crippen molar-refractivity contribution < 1.29 is 15.0 Å². The average Bonchev–Trinajstić information content (AvgIpc) is 2.90. The summed E-state index contributed by atoms with van der Waals surface area (Å²) in [5.74, 6) is -0.195. The Bertz CT molecular complexity index is 1010. The van der Waals surface area contributed by atoms with Crippen LogP contribution in [-0.2, 0) is 16.9 Å². The number of benzene rings is 3. The number of anilines is 1. The van der Waals surface area contributed by atoms with Gasteiger partial charge in [0.15, 0.2) is 5.60 Å². The second-order valence-electron chi connectivity index (χ2n) is 7.06. The molecule has 0 spiro atoms. The number of hydrogen-bond acceptors (Lipinski definition) is 3. The van der Waals surface area contributed by atoms with Crippen LogP contribution in [0.4, 0.5) is 5.69 Å². The third-order valence-corrected chi connectivity index (χ3v) is 5.23. The Hall–Kier alpha value is -3.11. The molecular weight excluding hydrogens is 338 g/mol. The van der Waals surface area contributed by atoms with Crippen molar-refractivity contribution in [1.29, 1.82) is 0 Å². The maximum absolute atomic E-state index is 13.4. The summed E-state index contributed by atoms with van der Waals surface area (Å²) >= 11 is 0. The Morgan fingerprint density at radius 3 is 2.19 bits per heavy atom. The van der Waals surface area contributed by atoms with Crippen LogP contribution >= 0.6 is 0 Å². The van der Waals surface area contributed by atoms with E-state index < -0.39 is 5.60 Å². The van der Waals surface area contributed by atoms with Crippen molar-refractivity contribution in [2.45, 2.75) is 26.0 Å². The van der Waals surface area contributed by atoms with E-state index in [1.165, 1.54) is 0 Å². The van der Waals surface area contributed by atoms with E-state index in [1.807, 2.05) is 48.5 Å². The highest BCUT2D eigenvalue weighted by molar-refractivity contribution is 6.09. The zero-order valence-electron chi connectivity index (χ0n) is 15.3. The Morgan fingerprint density at radius 1 is 0.926 bits per heavy atom. The fourth-order valence-electron chi connectivity index (χ4n) is 3.80. The number of phenols is 1. The lowest BCUT2D eigenvalue weighted by Gasteiger charge is -2.25. The minimum Gasteiger partial charge on any atom is -0.507 e. The van der Waals surface area contributed by atoms with E-state index in [2.05, 4.69) is 0 Å². The first kappa shape index (κ1) is 17.3. The molecule has 0 saturated heterocycles. The van der Waals surface area contributed by atoms with Gasteiger partial charge in [-0.15, -0.1) is 0 Å². The molecule has 2 N–H and O–H groups in total. The number of aliphatic hydroxyl groups is 1. The van der Waals surface area contributed by atoms with E-state index in [0.717, 1.165) is 5.56 Å². The quantitative estimate of drug-likeness (QED) is 0.748. The van der Waals surface area contributed by atoms with E-state index in [-0.39, 0.29) is 11.7 Å². The first-order chi connectivity index (χ1) is 12.9. The molecule has 1 unspecified atom stereocenters. The number of carbonyl (C=O) groups is 1. The van der Waals surface area contributed by atoms with Crippen molar-refractivity contribution >= 4 is 11.6 Å². The molecule has 0 saturated carbocycles. The molecule has 3 aromatic carbocycles. The molecule has 1 amide bonds. The molecule has 1 atom stereocenters. The van der Waals surface area contributed by atoms with Crippen molar-refractivity contribution in [3.05, 3.63) is 94.5 Å². The number of rotatable bonds is 3. The van der Waals surface area contributed by atoms with E-state index in [1.54, 1.807) is 36.9 Å². The summed E-state index contributed by atoms with van der Waals surface area (Å²) in [6.07, 6.45) is 0. The van der Waals surface area contributed by atoms with Gasteiger partial charge in [-0.2, -0.15) is 0 Å². The number of amides is 1. The summed E-state index contributed by atoms with van der Waals surface area (Å²) < 4.78 is 0. The zero-order valence-corrected chi connectivity index (χ0v) is 15.3. The summed E-state index contributed by atoms with van der Waals surface area (Å²) in [7, 11) is 0. The molecule has 4 heteroatoms. The lowest BCUT2D eigenvalue weighted by atomic mass is 9.85. The predicted octanol–water partition coefficient (Wildman–Crippen LogP) is 3.79. The normalized spacial score (nSPS) is 18.6. The van der Waals surface area contributed by atoms with Gasteiger partial charge in [0.2, 0.25) is 0 Å². The summed E-state index contributed by atoms with van der Waals surface area (Å²) in [6, 6.07) is 20.4. The fraction of sp³-hybridized carbons (Fsp3) is 0.174. The van der Waals surface area contributed by atoms with Crippen LogP contribution in [-0.4, -0.2) is 16.1 Å². The Balaban J connectivity index is 1.86. The SMILES string of the molecule is Cc1cc(C2(O)C(=O)N(Cc3ccccc3)c3ccccc32)cc(C)c1O. The molecule has 0 fully saturated rings. The lowest BCUT2D eigenvalue weighted by molar-refractivity contribution is -0.132. The highest BCUT2D eigenvalue weighted by Crippen LogP contribution is 2.46. The van der Waals surface area contributed by atoms with Crippen molar-refractivity contribution in [3.8, 4) is 5.75 Å². The fourth-order valence-corrected chi connectivity index (χ4v) is 3.80. The monoisotopic (exact) mass is 359 g/mol. The number of carbonyl (C=O) groups excluding carboxylic acids is 1. The van der Waals surface area contributed by atoms with Crippen LogP contribution in [0.15, 0.2) is 66.7 Å². The van der Waals surface area contributed by atoms with Crippen molar-refractivity contribution in [3.63, 3.8) is 0 Å². The predicted molar refractivity (Wildman–Crippen MR) is 105 cm³/mol. The molecule has 136 valence electrons. The smallest absolute Gasteiger partial charge is 0.268 e. The third-order valence-electron chi connectivity index (χ3n) is 5.23. The highest BCUT2D eigenvalue weighted by atomic mass is 16.3. The molecule has 4 rings (SSSR count). The minimum absolute atomic E-state index is 0.183. The van der Waals surface area contributed by atoms with Gasteiger partial charge < -0.3 is 15.1 Å². The van der Waals surface area contributed by atoms with Crippen molar-refractivity contribution in [2.24, 2.45) is 0 Å². The maximum atomic E-state index is 13.4. The first-order valence-corrected chi connectivity index (χ1v) is 8.91. The number of nitrogens with zero attached hydrogens (tertiary/aromatic N) is 1. The van der Waals surface area contributed by atoms with Gasteiger partial charge in [-0.25, -0.2) is 0 Å². The van der Waals surface area contributed by atoms with Gasteiger partial charge in [-0.3, -0.25) is 4.79 Å². The van der Waals surface area contributed by atoms with Crippen molar-refractivity contribution in [2.75, 3.05) is 4.90 Å². The standard InChI is InChI=1S/C23H21NO3/c1-15-12-18(13-16(2)21(15)25)23(27)19-10-6-7-11-20(19)24(22(23)26)14-17-8-4-3-5-9-17/h3-13,25,27H,14H2,1-2H3. The van der Waals surface area contributed by atoms with Crippen LogP contribution in [0.3, 0.4) is 0 Å². The molecular formula is C23H21NO3. The molecule has 0 radical (unpaired) electrons. The average molecular weight is 359 g/mol. The van der Waals surface area contributed by atoms with Gasteiger partial charge in [-0.05, 0) is 54.3 Å². The van der Waals surface area contributed by atoms with Crippen LogP contribution in [0.1, 0.15) is 27.8 Å². The Kier molecular flexibility index (Phi) is 4.01. The van der Waals surface area contributed by atoms with Gasteiger partial charge in [-0.1, -0.05) is 48.5 Å². The zero-order chi connectivity index (χ0) is 19.2. The summed E-state index contributed by atoms with van der Waals surface area (Å²) in [4.78, 5) is 15.0. The molecule has 27 heavy (non-hydrogen) atoms. The van der Waals surface area contributed by atoms with Crippen LogP contribution in [0, 0.1) is 13.8 Å². The molecule has 4 nitrogen and oxygen atoms in total. The number of fused-ring (bicyclic) bond motifs is 1. The second-order valence-corrected chi connectivity index (χ2v) is 7.06. The molecule has 0 bridgehead atoms. The Morgan fingerprint density at radius 2 is 1.52 bits per heavy atom. The highest BCUT2D eigenvalue weighted by Gasteiger charge is 2.51. The van der Waals surface area contributed by atoms with Gasteiger partial charge in [0.1, 0.15) is 5.75 Å². The Labute approximate surface area is 158 Å². The van der Waals surface area contributed by atoms with Gasteiger partial charge in [0, 0.05) is 5.56 Å². The number of hydrogen-bond donors (Lipinski definition) is 2. The van der Waals surface area contributed by atoms with Crippen molar-refractivity contribution in [1.82, 2.24) is 0 Å². The van der Waals surface area contributed by atoms with Crippen LogP contribution in [0.5, 0.6) is 5.75 Å². The number of aryl methyl sites for hydroxylation is 2. The van der Waals surface area contributed by atoms with Gasteiger partial charge >= 0.3 is 0 Å². The summed E-state index contributed by atoms with van der Waals surface area (Å²) in [5, 5.41) is 21.7. The van der Waals surface area contributed by atoms with Crippen LogP contribution in [0.25, 0.3) is 0 Å². The van der Waals surface area contributed by atoms with E-state index >= 15 is 0 Å². The molecule has 0 aromatic heterocycles. The number of phenolic OH excluding ortho intramolecular Hbond substituents is 1. The van der Waals surface area contributed by atoms with Gasteiger partial charge in [0.05, 0.1) is 12.2 Å². The molecule has 3 aromatic rings. The number of para-hydroxylation sites is 1. The summed E-state index contributed by atoms with van der Waals surface area (Å²) in [5.41, 5.74) is 2.23. The third kappa shape index (κ3) is 2.61. The first-order valence-electron chi connectivity index (χ1n) is 8.91. The molecule has 0 aliphatic carbocycles. The molecule has 1 aliphatic rings. The van der Waals surface area contributed by atoms with E-state index in [4.69, 9.17) is 0 Å². The topological polar surface area (TPSA) is 60.8 Å². The minimum atomic E-state index is -1.77. The van der Waals surface area contributed by atoms with Crippen LogP contribution < -0.4 is 4.90 Å². The van der Waals surface area contributed by atoms with E-state index in [0.29, 0.717) is 34.5 Å². The molecule has 1 aliphatic heterocycles. The van der Waals surface area contributed by atoms with E-state index in [9.17, 15) is 15.0 Å².